The molecule has 0 aliphatic carbocycles. The number of carbonyl (C=O) groups is 3. The van der Waals surface area contributed by atoms with Crippen molar-refractivity contribution in [3.63, 3.8) is 0 Å². The smallest absolute Gasteiger partial charge is 0.305 e. The van der Waals surface area contributed by atoms with Gasteiger partial charge in [-0.05, 0) is 36.6 Å². The molecule has 0 bridgehead atoms. The van der Waals surface area contributed by atoms with Crippen LogP contribution in [0.1, 0.15) is 37.0 Å². The first-order valence-electron chi connectivity index (χ1n) is 8.84. The summed E-state index contributed by atoms with van der Waals surface area (Å²) >= 11 is 5.84. The first-order valence-corrected chi connectivity index (χ1v) is 9.22. The number of rotatable bonds is 7. The maximum absolute atomic E-state index is 13.1. The van der Waals surface area contributed by atoms with Crippen LogP contribution >= 0.6 is 11.6 Å². The molecule has 1 fully saturated rings. The van der Waals surface area contributed by atoms with Crippen LogP contribution in [0.2, 0.25) is 5.02 Å². The monoisotopic (exact) mass is 396 g/mol. The van der Waals surface area contributed by atoms with E-state index >= 15 is 0 Å². The zero-order valence-electron chi connectivity index (χ0n) is 15.6. The zero-order valence-corrected chi connectivity index (χ0v) is 16.4. The summed E-state index contributed by atoms with van der Waals surface area (Å²) in [6.45, 7) is 3.98. The van der Waals surface area contributed by atoms with Gasteiger partial charge in [0.15, 0.2) is 0 Å². The second-order valence-corrected chi connectivity index (χ2v) is 7.47. The lowest BCUT2D eigenvalue weighted by molar-refractivity contribution is -0.140. The SMILES string of the molecule is COC1CC(CC(=O)O)N(C(=O)C(NC(=O)c2ccc(Cl)cc2)C(C)C)C1. The van der Waals surface area contributed by atoms with E-state index in [0.717, 1.165) is 0 Å². The molecule has 0 aromatic heterocycles. The first-order chi connectivity index (χ1) is 12.7. The van der Waals surface area contributed by atoms with Gasteiger partial charge >= 0.3 is 5.97 Å². The average molecular weight is 397 g/mol. The minimum Gasteiger partial charge on any atom is -0.481 e. The van der Waals surface area contributed by atoms with E-state index in [1.54, 1.807) is 31.4 Å². The molecule has 2 rings (SSSR count). The van der Waals surface area contributed by atoms with Gasteiger partial charge in [-0.2, -0.15) is 0 Å². The molecule has 148 valence electrons. The van der Waals surface area contributed by atoms with Crippen LogP contribution in [0, 0.1) is 5.92 Å². The Bertz CT molecular complexity index is 692. The molecular formula is C19H25ClN2O5. The molecule has 2 amide bonds. The van der Waals surface area contributed by atoms with E-state index in [9.17, 15) is 14.4 Å². The van der Waals surface area contributed by atoms with Crippen LogP contribution in [0.4, 0.5) is 0 Å². The van der Waals surface area contributed by atoms with Gasteiger partial charge in [0.25, 0.3) is 5.91 Å². The largest absolute Gasteiger partial charge is 0.481 e. The molecule has 27 heavy (non-hydrogen) atoms. The van der Waals surface area contributed by atoms with Crippen molar-refractivity contribution < 1.29 is 24.2 Å². The fourth-order valence-corrected chi connectivity index (χ4v) is 3.35. The van der Waals surface area contributed by atoms with E-state index in [-0.39, 0.29) is 30.3 Å². The molecule has 3 unspecified atom stereocenters. The van der Waals surface area contributed by atoms with Crippen molar-refractivity contribution in [3.8, 4) is 0 Å². The number of carboxylic acid groups (broad SMARTS) is 1. The summed E-state index contributed by atoms with van der Waals surface area (Å²) in [6.07, 6.45) is 0.101. The van der Waals surface area contributed by atoms with Crippen molar-refractivity contribution in [2.45, 2.75) is 44.9 Å². The number of nitrogens with one attached hydrogen (secondary N) is 1. The van der Waals surface area contributed by atoms with Gasteiger partial charge in [-0.3, -0.25) is 14.4 Å². The number of benzene rings is 1. The average Bonchev–Trinajstić information content (AvgIpc) is 3.01. The second-order valence-electron chi connectivity index (χ2n) is 7.04. The summed E-state index contributed by atoms with van der Waals surface area (Å²) in [5.74, 6) is -1.81. The number of halogens is 1. The molecule has 1 aliphatic heterocycles. The highest BCUT2D eigenvalue weighted by molar-refractivity contribution is 6.30. The van der Waals surface area contributed by atoms with Crippen LogP contribution in [0.3, 0.4) is 0 Å². The molecule has 1 aromatic carbocycles. The van der Waals surface area contributed by atoms with Crippen molar-refractivity contribution >= 4 is 29.4 Å². The number of hydrogen-bond acceptors (Lipinski definition) is 4. The summed E-state index contributed by atoms with van der Waals surface area (Å²) in [7, 11) is 1.54. The van der Waals surface area contributed by atoms with Gasteiger partial charge in [0, 0.05) is 30.3 Å². The van der Waals surface area contributed by atoms with Crippen LogP contribution in [-0.2, 0) is 14.3 Å². The first kappa shape index (κ1) is 21.2. The molecule has 0 spiro atoms. The fourth-order valence-electron chi connectivity index (χ4n) is 3.23. The molecular weight excluding hydrogens is 372 g/mol. The van der Waals surface area contributed by atoms with Gasteiger partial charge in [-0.15, -0.1) is 0 Å². The lowest BCUT2D eigenvalue weighted by atomic mass is 10.0. The molecule has 1 saturated heterocycles. The number of aliphatic carboxylic acids is 1. The lowest BCUT2D eigenvalue weighted by Crippen LogP contribution is -2.53. The third kappa shape index (κ3) is 5.43. The summed E-state index contributed by atoms with van der Waals surface area (Å²) < 4.78 is 5.32. The highest BCUT2D eigenvalue weighted by atomic mass is 35.5. The second kappa shape index (κ2) is 9.19. The van der Waals surface area contributed by atoms with E-state index in [0.29, 0.717) is 23.6 Å². The number of nitrogens with zero attached hydrogens (tertiary/aromatic N) is 1. The Labute approximate surface area is 163 Å². The molecule has 7 nitrogen and oxygen atoms in total. The van der Waals surface area contributed by atoms with Crippen molar-refractivity contribution in [1.82, 2.24) is 10.2 Å². The Kier molecular flexibility index (Phi) is 7.21. The zero-order chi connectivity index (χ0) is 20.1. The molecule has 1 aromatic rings. The third-order valence-corrected chi connectivity index (χ3v) is 4.98. The van der Waals surface area contributed by atoms with Gasteiger partial charge in [-0.25, -0.2) is 0 Å². The van der Waals surface area contributed by atoms with Gasteiger partial charge < -0.3 is 20.1 Å². The highest BCUT2D eigenvalue weighted by Crippen LogP contribution is 2.25. The van der Waals surface area contributed by atoms with Crippen molar-refractivity contribution in [3.05, 3.63) is 34.9 Å². The maximum atomic E-state index is 13.1. The van der Waals surface area contributed by atoms with Crippen molar-refractivity contribution in [2.75, 3.05) is 13.7 Å². The minimum atomic E-state index is -0.971. The van der Waals surface area contributed by atoms with E-state index in [4.69, 9.17) is 21.4 Å². The van der Waals surface area contributed by atoms with Crippen LogP contribution < -0.4 is 5.32 Å². The number of carboxylic acids is 1. The van der Waals surface area contributed by atoms with Crippen molar-refractivity contribution in [2.24, 2.45) is 5.92 Å². The van der Waals surface area contributed by atoms with Crippen LogP contribution in [0.15, 0.2) is 24.3 Å². The van der Waals surface area contributed by atoms with E-state index in [1.165, 1.54) is 4.90 Å². The Morgan fingerprint density at radius 3 is 2.44 bits per heavy atom. The molecule has 1 heterocycles. The number of amides is 2. The molecule has 0 radical (unpaired) electrons. The summed E-state index contributed by atoms with van der Waals surface area (Å²) in [6, 6.07) is 5.17. The van der Waals surface area contributed by atoms with Gasteiger partial charge in [0.2, 0.25) is 5.91 Å². The number of carbonyl (C=O) groups excluding carboxylic acids is 2. The summed E-state index contributed by atoms with van der Waals surface area (Å²) in [5.41, 5.74) is 0.399. The molecule has 8 heteroatoms. The van der Waals surface area contributed by atoms with Gasteiger partial charge in [0.05, 0.1) is 12.5 Å². The van der Waals surface area contributed by atoms with Gasteiger partial charge in [0.1, 0.15) is 6.04 Å². The molecule has 1 aliphatic rings. The molecule has 2 N–H and O–H groups in total. The van der Waals surface area contributed by atoms with Crippen LogP contribution in [0.25, 0.3) is 0 Å². The molecule has 3 atom stereocenters. The number of ether oxygens (including phenoxy) is 1. The Balaban J connectivity index is 2.16. The van der Waals surface area contributed by atoms with E-state index in [1.807, 2.05) is 13.8 Å². The number of likely N-dealkylation sites (tertiary alicyclic amines) is 1. The Morgan fingerprint density at radius 1 is 1.30 bits per heavy atom. The predicted molar refractivity (Wildman–Crippen MR) is 101 cm³/mol. The topological polar surface area (TPSA) is 95.9 Å². The Morgan fingerprint density at radius 2 is 1.93 bits per heavy atom. The highest BCUT2D eigenvalue weighted by Gasteiger charge is 2.40. The van der Waals surface area contributed by atoms with E-state index < -0.39 is 18.1 Å². The quantitative estimate of drug-likeness (QED) is 0.736. The maximum Gasteiger partial charge on any atom is 0.305 e. The summed E-state index contributed by atoms with van der Waals surface area (Å²) in [4.78, 5) is 38.3. The van der Waals surface area contributed by atoms with E-state index in [2.05, 4.69) is 5.32 Å². The fraction of sp³-hybridized carbons (Fsp3) is 0.526. The normalized spacial score (nSPS) is 20.6. The van der Waals surface area contributed by atoms with Crippen LogP contribution in [-0.4, -0.2) is 59.6 Å². The number of hydrogen-bond donors (Lipinski definition) is 2. The van der Waals surface area contributed by atoms with Crippen LogP contribution in [0.5, 0.6) is 0 Å². The summed E-state index contributed by atoms with van der Waals surface area (Å²) in [5, 5.41) is 12.4. The Hall–Kier alpha value is -2.12. The van der Waals surface area contributed by atoms with Crippen molar-refractivity contribution in [1.29, 1.82) is 0 Å². The standard InChI is InChI=1S/C19H25ClN2O5/c1-11(2)17(21-18(25)12-4-6-13(20)7-5-12)19(26)22-10-15(27-3)8-14(22)9-16(23)24/h4-7,11,14-15,17H,8-10H2,1-3H3,(H,21,25)(H,23,24). The minimum absolute atomic E-state index is 0.151. The van der Waals surface area contributed by atoms with Gasteiger partial charge in [-0.1, -0.05) is 25.4 Å². The predicted octanol–water partition coefficient (Wildman–Crippen LogP) is 2.19. The number of methoxy groups -OCH3 is 1. The lowest BCUT2D eigenvalue weighted by Gasteiger charge is -2.30. The third-order valence-electron chi connectivity index (χ3n) is 4.73. The molecule has 0 saturated carbocycles.